The molecule has 0 spiro atoms. The van der Waals surface area contributed by atoms with Gasteiger partial charge in [0.25, 0.3) is 0 Å². The van der Waals surface area contributed by atoms with E-state index in [1.165, 1.54) is 16.8 Å². The van der Waals surface area contributed by atoms with Crippen molar-refractivity contribution in [2.75, 3.05) is 39.8 Å². The van der Waals surface area contributed by atoms with E-state index in [0.29, 0.717) is 6.61 Å². The van der Waals surface area contributed by atoms with Crippen LogP contribution in [-0.4, -0.2) is 60.6 Å². The fraction of sp³-hybridized carbons (Fsp3) is 0.333. The van der Waals surface area contributed by atoms with Crippen molar-refractivity contribution in [2.24, 2.45) is 0 Å². The van der Waals surface area contributed by atoms with Crippen molar-refractivity contribution in [2.45, 2.75) is 6.42 Å². The lowest BCUT2D eigenvalue weighted by molar-refractivity contribution is 0.207. The van der Waals surface area contributed by atoms with E-state index < -0.39 is 0 Å². The number of ether oxygens (including phenoxy) is 1. The molecule has 2 aliphatic heterocycles. The van der Waals surface area contributed by atoms with Crippen LogP contribution in [0.5, 0.6) is 5.75 Å². The molecule has 0 amide bonds. The van der Waals surface area contributed by atoms with Crippen molar-refractivity contribution >= 4 is 47.7 Å². The normalized spacial score (nSPS) is 16.0. The first-order valence-electron chi connectivity index (χ1n) is 8.87. The fourth-order valence-corrected chi connectivity index (χ4v) is 3.83. The lowest BCUT2D eigenvalue weighted by Crippen LogP contribution is -2.43. The molecule has 0 aliphatic carbocycles. The van der Waals surface area contributed by atoms with Gasteiger partial charge in [0.2, 0.25) is 0 Å². The van der Waals surface area contributed by atoms with Crippen LogP contribution < -0.4 is 4.74 Å². The maximum Gasteiger partial charge on any atom is 0.130 e. The minimum absolute atomic E-state index is 0. The molecule has 1 fully saturated rings. The summed E-state index contributed by atoms with van der Waals surface area (Å²) in [6.45, 7) is 4.90. The van der Waals surface area contributed by atoms with Crippen molar-refractivity contribution in [3.63, 3.8) is 0 Å². The number of benzene rings is 2. The van der Waals surface area contributed by atoms with E-state index in [-0.39, 0.29) is 35.8 Å². The summed E-state index contributed by atoms with van der Waals surface area (Å²) in [7, 11) is 2.19. The van der Waals surface area contributed by atoms with Gasteiger partial charge < -0.3 is 25.5 Å². The zero-order valence-electron chi connectivity index (χ0n) is 16.4. The molecule has 4 rings (SSSR count). The van der Waals surface area contributed by atoms with E-state index >= 15 is 0 Å². The minimum atomic E-state index is 0. The van der Waals surface area contributed by atoms with Gasteiger partial charge in [-0.15, -0.1) is 24.8 Å². The molecule has 4 N–H and O–H groups in total. The van der Waals surface area contributed by atoms with Gasteiger partial charge in [-0.2, -0.15) is 0 Å². The molecule has 5 nitrogen and oxygen atoms in total. The number of piperazine rings is 1. The van der Waals surface area contributed by atoms with Crippen molar-refractivity contribution in [3.8, 4) is 5.75 Å². The van der Waals surface area contributed by atoms with Gasteiger partial charge in [0.05, 0.1) is 12.3 Å². The average molecular weight is 464 g/mol. The van der Waals surface area contributed by atoms with Gasteiger partial charge in [-0.05, 0) is 36.4 Å². The van der Waals surface area contributed by atoms with Gasteiger partial charge in [-0.25, -0.2) is 0 Å². The Morgan fingerprint density at radius 2 is 1.55 bits per heavy atom. The first kappa shape index (κ1) is 27.5. The predicted octanol–water partition coefficient (Wildman–Crippen LogP) is 3.43. The molecule has 29 heavy (non-hydrogen) atoms. The summed E-state index contributed by atoms with van der Waals surface area (Å²) >= 11 is 6.22. The quantitative estimate of drug-likeness (QED) is 0.684. The smallest absolute Gasteiger partial charge is 0.130 e. The third-order valence-electron chi connectivity index (χ3n) is 5.04. The Labute approximate surface area is 189 Å². The van der Waals surface area contributed by atoms with Crippen LogP contribution in [-0.2, 0) is 0 Å². The Kier molecular flexibility index (Phi) is 11.7. The van der Waals surface area contributed by atoms with Crippen LogP contribution in [0.25, 0.3) is 11.3 Å². The maximum atomic E-state index is 6.22. The average Bonchev–Trinajstić information content (AvgIpc) is 2.82. The van der Waals surface area contributed by atoms with E-state index in [0.717, 1.165) is 48.9 Å². The van der Waals surface area contributed by atoms with E-state index in [9.17, 15) is 0 Å². The van der Waals surface area contributed by atoms with Crippen molar-refractivity contribution in [3.05, 3.63) is 64.7 Å². The third kappa shape index (κ3) is 6.01. The standard InChI is InChI=1S/C21H23ClN2O.2ClH.2H2O/c1-23-10-12-24(13-11-23)21-18(16-5-3-2-4-6-16)9-14-25-20-15-17(22)7-8-19(20)21;;;;/h2-8,15H,9-14H2,1H3;2*1H;2*1H2. The third-order valence-corrected chi connectivity index (χ3v) is 5.27. The highest BCUT2D eigenvalue weighted by Gasteiger charge is 2.26. The molecule has 2 aromatic rings. The molecule has 0 aromatic heterocycles. The van der Waals surface area contributed by atoms with Crippen LogP contribution in [0.1, 0.15) is 17.5 Å². The first-order valence-corrected chi connectivity index (χ1v) is 9.25. The summed E-state index contributed by atoms with van der Waals surface area (Å²) in [5.74, 6) is 0.896. The second-order valence-corrected chi connectivity index (χ2v) is 7.16. The highest BCUT2D eigenvalue weighted by Crippen LogP contribution is 2.40. The minimum Gasteiger partial charge on any atom is -0.492 e. The number of hydrogen-bond donors (Lipinski definition) is 0. The monoisotopic (exact) mass is 462 g/mol. The Bertz CT molecular complexity index is 795. The molecule has 8 heteroatoms. The van der Waals surface area contributed by atoms with Crippen molar-refractivity contribution in [1.82, 2.24) is 9.80 Å². The molecular weight excluding hydrogens is 435 g/mol. The van der Waals surface area contributed by atoms with Gasteiger partial charge in [0, 0.05) is 43.2 Å². The zero-order valence-corrected chi connectivity index (χ0v) is 18.7. The molecule has 2 aromatic carbocycles. The molecule has 0 radical (unpaired) electrons. The van der Waals surface area contributed by atoms with Gasteiger partial charge in [-0.1, -0.05) is 41.9 Å². The second kappa shape index (κ2) is 12.3. The number of likely N-dealkylation sites (N-methyl/N-ethyl adjacent to an activating group) is 1. The lowest BCUT2D eigenvalue weighted by Gasteiger charge is -2.37. The predicted molar refractivity (Wildman–Crippen MR) is 126 cm³/mol. The molecule has 0 atom stereocenters. The van der Waals surface area contributed by atoms with Gasteiger partial charge in [0.15, 0.2) is 0 Å². The van der Waals surface area contributed by atoms with Gasteiger partial charge in [0.1, 0.15) is 5.75 Å². The Morgan fingerprint density at radius 3 is 2.21 bits per heavy atom. The van der Waals surface area contributed by atoms with Crippen molar-refractivity contribution in [1.29, 1.82) is 0 Å². The number of rotatable bonds is 2. The van der Waals surface area contributed by atoms with Crippen LogP contribution in [0.3, 0.4) is 0 Å². The zero-order chi connectivity index (χ0) is 17.2. The maximum absolute atomic E-state index is 6.22. The van der Waals surface area contributed by atoms with E-state index in [1.807, 2.05) is 12.1 Å². The summed E-state index contributed by atoms with van der Waals surface area (Å²) in [5.41, 5.74) is 5.11. The molecular formula is C21H29Cl3N2O3. The summed E-state index contributed by atoms with van der Waals surface area (Å²) in [6, 6.07) is 16.7. The highest BCUT2D eigenvalue weighted by atomic mass is 35.5. The SMILES string of the molecule is CN1CCN(C2=C(c3ccccc3)CCOc3cc(Cl)ccc32)CC1.Cl.Cl.O.O. The second-order valence-electron chi connectivity index (χ2n) is 6.72. The Balaban J connectivity index is 0.00000196. The summed E-state index contributed by atoms with van der Waals surface area (Å²) in [5, 5.41) is 0.722. The first-order chi connectivity index (χ1) is 12.2. The molecule has 2 heterocycles. The largest absolute Gasteiger partial charge is 0.492 e. The lowest BCUT2D eigenvalue weighted by atomic mass is 9.96. The van der Waals surface area contributed by atoms with Crippen LogP contribution in [0, 0.1) is 0 Å². The van der Waals surface area contributed by atoms with Crippen molar-refractivity contribution < 1.29 is 15.7 Å². The van der Waals surface area contributed by atoms with E-state index in [1.54, 1.807) is 0 Å². The number of halogens is 3. The number of fused-ring (bicyclic) bond motifs is 1. The molecule has 2 aliphatic rings. The van der Waals surface area contributed by atoms with Crippen LogP contribution in [0.15, 0.2) is 48.5 Å². The molecule has 0 unspecified atom stereocenters. The van der Waals surface area contributed by atoms with Crippen LogP contribution in [0.4, 0.5) is 0 Å². The van der Waals surface area contributed by atoms with Crippen LogP contribution >= 0.6 is 36.4 Å². The van der Waals surface area contributed by atoms with Gasteiger partial charge >= 0.3 is 0 Å². The molecule has 0 bridgehead atoms. The Hall–Kier alpha value is -1.47. The highest BCUT2D eigenvalue weighted by molar-refractivity contribution is 6.30. The topological polar surface area (TPSA) is 78.7 Å². The Morgan fingerprint density at radius 1 is 0.897 bits per heavy atom. The molecule has 162 valence electrons. The number of hydrogen-bond acceptors (Lipinski definition) is 3. The number of nitrogens with zero attached hydrogens (tertiary/aromatic N) is 2. The van der Waals surface area contributed by atoms with Gasteiger partial charge in [-0.3, -0.25) is 0 Å². The molecule has 0 saturated carbocycles. The summed E-state index contributed by atoms with van der Waals surface area (Å²) in [6.07, 6.45) is 0.901. The summed E-state index contributed by atoms with van der Waals surface area (Å²) in [4.78, 5) is 4.90. The molecule has 1 saturated heterocycles. The van der Waals surface area contributed by atoms with E-state index in [4.69, 9.17) is 16.3 Å². The fourth-order valence-electron chi connectivity index (χ4n) is 3.67. The van der Waals surface area contributed by atoms with Crippen LogP contribution in [0.2, 0.25) is 5.02 Å². The summed E-state index contributed by atoms with van der Waals surface area (Å²) < 4.78 is 6.06. The van der Waals surface area contributed by atoms with E-state index in [2.05, 4.69) is 53.2 Å².